The minimum absolute atomic E-state index is 0.0331. The van der Waals surface area contributed by atoms with Crippen LogP contribution in [0.3, 0.4) is 0 Å². The van der Waals surface area contributed by atoms with Gasteiger partial charge in [-0.1, -0.05) is 34.1 Å². The molecular formula is C24H20BrN3O2S. The second-order valence-electron chi connectivity index (χ2n) is 7.54. The van der Waals surface area contributed by atoms with E-state index in [0.717, 1.165) is 44.8 Å². The molecule has 0 atom stereocenters. The Kier molecular flexibility index (Phi) is 5.46. The molecule has 0 spiro atoms. The van der Waals surface area contributed by atoms with E-state index in [1.807, 2.05) is 59.5 Å². The summed E-state index contributed by atoms with van der Waals surface area (Å²) in [6, 6.07) is 11.9. The van der Waals surface area contributed by atoms with E-state index in [1.165, 1.54) is 16.9 Å². The van der Waals surface area contributed by atoms with Crippen LogP contribution in [-0.4, -0.2) is 14.5 Å². The van der Waals surface area contributed by atoms with Crippen LogP contribution in [-0.2, 0) is 19.6 Å². The molecule has 5 rings (SSSR count). The molecule has 7 heteroatoms. The smallest absolute Gasteiger partial charge is 0.261 e. The van der Waals surface area contributed by atoms with Crippen molar-refractivity contribution < 1.29 is 4.74 Å². The molecule has 1 aliphatic rings. The summed E-state index contributed by atoms with van der Waals surface area (Å²) in [5.41, 5.74) is 5.44. The summed E-state index contributed by atoms with van der Waals surface area (Å²) in [4.78, 5) is 22.4. The van der Waals surface area contributed by atoms with Crippen LogP contribution >= 0.6 is 27.3 Å². The lowest BCUT2D eigenvalue weighted by Crippen LogP contribution is -2.24. The lowest BCUT2D eigenvalue weighted by atomic mass is 10.0. The van der Waals surface area contributed by atoms with E-state index in [1.54, 1.807) is 6.20 Å². The maximum absolute atomic E-state index is 13.5. The first-order chi connectivity index (χ1) is 15.1. The SMILES string of the molecule is Cc1csc(-c2cc(OCc3ccccc3Br)c3n(c2=O)CCCc2ccncc2-3)n1. The molecule has 4 heterocycles. The Bertz CT molecular complexity index is 1330. The number of halogens is 1. The highest BCUT2D eigenvalue weighted by molar-refractivity contribution is 9.10. The maximum atomic E-state index is 13.5. The summed E-state index contributed by atoms with van der Waals surface area (Å²) in [7, 11) is 0. The Labute approximate surface area is 192 Å². The van der Waals surface area contributed by atoms with Crippen molar-refractivity contribution in [1.82, 2.24) is 14.5 Å². The van der Waals surface area contributed by atoms with Gasteiger partial charge in [-0.15, -0.1) is 11.3 Å². The number of ether oxygens (including phenoxy) is 1. The Morgan fingerprint density at radius 2 is 2.10 bits per heavy atom. The van der Waals surface area contributed by atoms with Gasteiger partial charge in [-0.2, -0.15) is 0 Å². The molecule has 0 amide bonds. The standard InChI is InChI=1S/C24H20BrN3O2S/c1-15-14-31-23(27-15)18-11-21(30-13-17-5-2-3-7-20(17)25)22-19-12-26-9-8-16(19)6-4-10-28(22)24(18)29/h2-3,5,7-9,11-12,14H,4,6,10,13H2,1H3. The summed E-state index contributed by atoms with van der Waals surface area (Å²) >= 11 is 5.08. The summed E-state index contributed by atoms with van der Waals surface area (Å²) < 4.78 is 9.20. The molecule has 4 aromatic rings. The summed E-state index contributed by atoms with van der Waals surface area (Å²) in [5.74, 6) is 0.675. The van der Waals surface area contributed by atoms with Gasteiger partial charge in [0.15, 0.2) is 0 Å². The highest BCUT2D eigenvalue weighted by Gasteiger charge is 2.24. The van der Waals surface area contributed by atoms with Gasteiger partial charge in [0, 0.05) is 45.6 Å². The largest absolute Gasteiger partial charge is 0.487 e. The third-order valence-corrected chi connectivity index (χ3v) is 7.21. The zero-order valence-electron chi connectivity index (χ0n) is 17.0. The average Bonchev–Trinajstić information content (AvgIpc) is 3.10. The van der Waals surface area contributed by atoms with Crippen molar-refractivity contribution in [2.45, 2.75) is 32.9 Å². The van der Waals surface area contributed by atoms with Crippen LogP contribution in [0.4, 0.5) is 0 Å². The van der Waals surface area contributed by atoms with E-state index in [9.17, 15) is 4.79 Å². The van der Waals surface area contributed by atoms with Gasteiger partial charge in [0.05, 0.1) is 11.3 Å². The van der Waals surface area contributed by atoms with Crippen LogP contribution < -0.4 is 10.3 Å². The first-order valence-electron chi connectivity index (χ1n) is 10.1. The summed E-state index contributed by atoms with van der Waals surface area (Å²) in [5, 5.41) is 2.69. The minimum atomic E-state index is -0.0331. The first kappa shape index (κ1) is 20.2. The van der Waals surface area contributed by atoms with E-state index >= 15 is 0 Å². The second-order valence-corrected chi connectivity index (χ2v) is 9.25. The molecule has 0 N–H and O–H groups in total. The molecule has 1 aliphatic heterocycles. The average molecular weight is 494 g/mol. The Morgan fingerprint density at radius 1 is 1.23 bits per heavy atom. The Morgan fingerprint density at radius 3 is 2.90 bits per heavy atom. The molecule has 31 heavy (non-hydrogen) atoms. The minimum Gasteiger partial charge on any atom is -0.487 e. The van der Waals surface area contributed by atoms with Gasteiger partial charge in [-0.3, -0.25) is 9.78 Å². The number of fused-ring (bicyclic) bond motifs is 3. The molecule has 156 valence electrons. The number of rotatable bonds is 4. The predicted octanol–water partition coefficient (Wildman–Crippen LogP) is 5.63. The zero-order chi connectivity index (χ0) is 21.4. The number of hydrogen-bond acceptors (Lipinski definition) is 5. The van der Waals surface area contributed by atoms with Crippen molar-refractivity contribution in [3.05, 3.63) is 85.8 Å². The quantitative estimate of drug-likeness (QED) is 0.369. The van der Waals surface area contributed by atoms with Crippen LogP contribution in [0.25, 0.3) is 21.8 Å². The van der Waals surface area contributed by atoms with E-state index in [4.69, 9.17) is 4.74 Å². The Hall–Kier alpha value is -2.77. The fraction of sp³-hybridized carbons (Fsp3) is 0.208. The molecule has 0 aliphatic carbocycles. The molecule has 0 radical (unpaired) electrons. The predicted molar refractivity (Wildman–Crippen MR) is 127 cm³/mol. The summed E-state index contributed by atoms with van der Waals surface area (Å²) in [6.07, 6.45) is 5.42. The monoisotopic (exact) mass is 493 g/mol. The van der Waals surface area contributed by atoms with Crippen molar-refractivity contribution in [2.24, 2.45) is 0 Å². The third kappa shape index (κ3) is 3.83. The van der Waals surface area contributed by atoms with Gasteiger partial charge in [0.25, 0.3) is 5.56 Å². The van der Waals surface area contributed by atoms with Crippen LogP contribution in [0.5, 0.6) is 5.75 Å². The number of thiazole rings is 1. The lowest BCUT2D eigenvalue weighted by Gasteiger charge is -2.18. The van der Waals surface area contributed by atoms with E-state index in [2.05, 4.69) is 25.9 Å². The molecule has 0 unspecified atom stereocenters. The van der Waals surface area contributed by atoms with Crippen LogP contribution in [0, 0.1) is 6.92 Å². The highest BCUT2D eigenvalue weighted by Crippen LogP contribution is 2.37. The third-order valence-electron chi connectivity index (χ3n) is 5.44. The Balaban J connectivity index is 1.70. The number of hydrogen-bond donors (Lipinski definition) is 0. The number of aryl methyl sites for hydroxylation is 2. The van der Waals surface area contributed by atoms with Crippen LogP contribution in [0.1, 0.15) is 23.2 Å². The van der Waals surface area contributed by atoms with E-state index in [0.29, 0.717) is 24.5 Å². The van der Waals surface area contributed by atoms with Crippen molar-refractivity contribution >= 4 is 27.3 Å². The lowest BCUT2D eigenvalue weighted by molar-refractivity contribution is 0.304. The van der Waals surface area contributed by atoms with Crippen LogP contribution in [0.2, 0.25) is 0 Å². The number of benzene rings is 1. The van der Waals surface area contributed by atoms with Gasteiger partial charge >= 0.3 is 0 Å². The highest BCUT2D eigenvalue weighted by atomic mass is 79.9. The van der Waals surface area contributed by atoms with Crippen molar-refractivity contribution in [3.63, 3.8) is 0 Å². The van der Waals surface area contributed by atoms with Gasteiger partial charge in [0.1, 0.15) is 17.4 Å². The van der Waals surface area contributed by atoms with Gasteiger partial charge in [0.2, 0.25) is 0 Å². The second kappa shape index (κ2) is 8.40. The van der Waals surface area contributed by atoms with Gasteiger partial charge in [-0.05, 0) is 43.5 Å². The van der Waals surface area contributed by atoms with Crippen LogP contribution in [0.15, 0.2) is 63.4 Å². The molecule has 0 saturated carbocycles. The molecule has 0 saturated heterocycles. The molecular weight excluding hydrogens is 474 g/mol. The first-order valence-corrected chi connectivity index (χ1v) is 11.8. The van der Waals surface area contributed by atoms with Gasteiger partial charge < -0.3 is 9.30 Å². The van der Waals surface area contributed by atoms with E-state index in [-0.39, 0.29) is 5.56 Å². The number of aromatic nitrogens is 3. The maximum Gasteiger partial charge on any atom is 0.261 e. The molecule has 5 nitrogen and oxygen atoms in total. The fourth-order valence-corrected chi connectivity index (χ4v) is 5.13. The van der Waals surface area contributed by atoms with Crippen molar-refractivity contribution in [3.8, 4) is 27.6 Å². The normalized spacial score (nSPS) is 12.7. The van der Waals surface area contributed by atoms with Crippen molar-refractivity contribution in [2.75, 3.05) is 0 Å². The zero-order valence-corrected chi connectivity index (χ0v) is 19.4. The summed E-state index contributed by atoms with van der Waals surface area (Å²) in [6.45, 7) is 2.96. The molecule has 0 bridgehead atoms. The fourth-order valence-electron chi connectivity index (χ4n) is 3.93. The van der Waals surface area contributed by atoms with E-state index < -0.39 is 0 Å². The molecule has 1 aromatic carbocycles. The number of nitrogens with zero attached hydrogens (tertiary/aromatic N) is 3. The molecule has 3 aromatic heterocycles. The molecule has 0 fully saturated rings. The van der Waals surface area contributed by atoms with Gasteiger partial charge in [-0.25, -0.2) is 4.98 Å². The topological polar surface area (TPSA) is 57.0 Å². The van der Waals surface area contributed by atoms with Crippen molar-refractivity contribution in [1.29, 1.82) is 0 Å². The number of pyridine rings is 2.